The standard InChI is InChI=1S/C22H28ClN3O/c1-13(19-11-16-8-9-17(19)10-16)24-22(27)21-14(2)25-26(15(21)3)12-18-6-4-5-7-20(18)23/h4-7,13,16-17,19H,8-12H2,1-3H3,(H,24,27)/t13-,16+,17+,19+/m1/s1. The zero-order valence-electron chi connectivity index (χ0n) is 16.3. The van der Waals surface area contributed by atoms with Crippen LogP contribution in [0.4, 0.5) is 0 Å². The molecule has 2 aliphatic carbocycles. The van der Waals surface area contributed by atoms with Gasteiger partial charge in [-0.05, 0) is 69.4 Å². The second kappa shape index (κ2) is 7.31. The van der Waals surface area contributed by atoms with Gasteiger partial charge in [0.2, 0.25) is 0 Å². The minimum absolute atomic E-state index is 0.00526. The molecule has 2 aliphatic rings. The first-order valence-corrected chi connectivity index (χ1v) is 10.4. The third-order valence-electron chi connectivity index (χ3n) is 6.68. The second-order valence-electron chi connectivity index (χ2n) is 8.40. The third-order valence-corrected chi connectivity index (χ3v) is 7.05. The topological polar surface area (TPSA) is 46.9 Å². The first-order valence-electron chi connectivity index (χ1n) is 10.0. The molecular weight excluding hydrogens is 358 g/mol. The van der Waals surface area contributed by atoms with Gasteiger partial charge in [-0.25, -0.2) is 0 Å². The highest BCUT2D eigenvalue weighted by atomic mass is 35.5. The molecule has 2 saturated carbocycles. The summed E-state index contributed by atoms with van der Waals surface area (Å²) in [7, 11) is 0. The molecule has 0 aliphatic heterocycles. The lowest BCUT2D eigenvalue weighted by Gasteiger charge is -2.28. The van der Waals surface area contributed by atoms with Gasteiger partial charge in [-0.2, -0.15) is 5.10 Å². The van der Waals surface area contributed by atoms with Crippen LogP contribution >= 0.6 is 11.6 Å². The van der Waals surface area contributed by atoms with Crippen LogP contribution in [0, 0.1) is 31.6 Å². The zero-order chi connectivity index (χ0) is 19.1. The minimum Gasteiger partial charge on any atom is -0.349 e. The molecule has 2 fully saturated rings. The van der Waals surface area contributed by atoms with Crippen LogP contribution in [0.25, 0.3) is 0 Å². The number of aryl methyl sites for hydroxylation is 1. The van der Waals surface area contributed by atoms with Crippen LogP contribution in [0.15, 0.2) is 24.3 Å². The van der Waals surface area contributed by atoms with Crippen LogP contribution in [0.1, 0.15) is 59.9 Å². The summed E-state index contributed by atoms with van der Waals surface area (Å²) >= 11 is 6.29. The zero-order valence-corrected chi connectivity index (χ0v) is 17.1. The smallest absolute Gasteiger partial charge is 0.255 e. The molecule has 0 unspecified atom stereocenters. The largest absolute Gasteiger partial charge is 0.349 e. The number of amides is 1. The third kappa shape index (κ3) is 3.52. The molecule has 1 amide bonds. The number of fused-ring (bicyclic) bond motifs is 2. The van der Waals surface area contributed by atoms with Gasteiger partial charge >= 0.3 is 0 Å². The number of nitrogens with zero attached hydrogens (tertiary/aromatic N) is 2. The Balaban J connectivity index is 1.49. The molecule has 5 heteroatoms. The fraction of sp³-hybridized carbons (Fsp3) is 0.545. The van der Waals surface area contributed by atoms with Gasteiger partial charge in [-0.15, -0.1) is 0 Å². The summed E-state index contributed by atoms with van der Waals surface area (Å²) in [5.74, 6) is 2.33. The van der Waals surface area contributed by atoms with Crippen LogP contribution in [0.2, 0.25) is 5.02 Å². The molecule has 27 heavy (non-hydrogen) atoms. The quantitative estimate of drug-likeness (QED) is 0.806. The Labute approximate surface area is 166 Å². The lowest BCUT2D eigenvalue weighted by molar-refractivity contribution is 0.0914. The Morgan fingerprint density at radius 1 is 1.30 bits per heavy atom. The van der Waals surface area contributed by atoms with Gasteiger partial charge in [-0.1, -0.05) is 36.2 Å². The SMILES string of the molecule is Cc1nn(Cc2ccccc2Cl)c(C)c1C(=O)N[C@H](C)[C@@H]1C[C@H]2CC[C@H]1C2. The summed E-state index contributed by atoms with van der Waals surface area (Å²) < 4.78 is 1.88. The van der Waals surface area contributed by atoms with Crippen molar-refractivity contribution in [3.8, 4) is 0 Å². The molecule has 1 aromatic heterocycles. The van der Waals surface area contributed by atoms with Crippen LogP contribution in [-0.2, 0) is 6.54 Å². The number of benzene rings is 1. The molecule has 1 aromatic carbocycles. The van der Waals surface area contributed by atoms with Gasteiger partial charge in [-0.3, -0.25) is 9.48 Å². The summed E-state index contributed by atoms with van der Waals surface area (Å²) in [4.78, 5) is 13.0. The number of hydrogen-bond acceptors (Lipinski definition) is 2. The Hall–Kier alpha value is -1.81. The number of aromatic nitrogens is 2. The van der Waals surface area contributed by atoms with Crippen molar-refractivity contribution in [1.82, 2.24) is 15.1 Å². The average Bonchev–Trinajstić information content (AvgIpc) is 3.32. The van der Waals surface area contributed by atoms with Crippen molar-refractivity contribution in [2.45, 2.75) is 59.0 Å². The first kappa shape index (κ1) is 18.5. The van der Waals surface area contributed by atoms with E-state index in [2.05, 4.69) is 17.3 Å². The maximum atomic E-state index is 13.0. The van der Waals surface area contributed by atoms with Gasteiger partial charge < -0.3 is 5.32 Å². The summed E-state index contributed by atoms with van der Waals surface area (Å²) in [6, 6.07) is 7.99. The molecular formula is C22H28ClN3O. The summed E-state index contributed by atoms with van der Waals surface area (Å²) in [5.41, 5.74) is 3.38. The normalized spacial score (nSPS) is 25.0. The van der Waals surface area contributed by atoms with Gasteiger partial charge in [0.15, 0.2) is 0 Å². The molecule has 4 rings (SSSR count). The lowest BCUT2D eigenvalue weighted by atomic mass is 9.84. The Bertz CT molecular complexity index is 859. The van der Waals surface area contributed by atoms with Crippen molar-refractivity contribution < 1.29 is 4.79 Å². The Morgan fingerprint density at radius 3 is 2.74 bits per heavy atom. The van der Waals surface area contributed by atoms with E-state index < -0.39 is 0 Å². The fourth-order valence-corrected chi connectivity index (χ4v) is 5.46. The monoisotopic (exact) mass is 385 g/mol. The van der Waals surface area contributed by atoms with E-state index in [1.807, 2.05) is 42.8 Å². The predicted molar refractivity (Wildman–Crippen MR) is 108 cm³/mol. The molecule has 0 saturated heterocycles. The molecule has 2 aromatic rings. The Morgan fingerprint density at radius 2 is 2.07 bits per heavy atom. The van der Waals surface area contributed by atoms with Crippen molar-refractivity contribution in [3.63, 3.8) is 0 Å². The van der Waals surface area contributed by atoms with Crippen LogP contribution in [0.5, 0.6) is 0 Å². The number of nitrogens with one attached hydrogen (secondary N) is 1. The number of carbonyl (C=O) groups is 1. The molecule has 1 heterocycles. The van der Waals surface area contributed by atoms with Crippen molar-refractivity contribution in [3.05, 3.63) is 51.8 Å². The summed E-state index contributed by atoms with van der Waals surface area (Å²) in [5, 5.41) is 8.61. The first-order chi connectivity index (χ1) is 12.9. The van der Waals surface area contributed by atoms with E-state index in [0.717, 1.165) is 33.8 Å². The van der Waals surface area contributed by atoms with E-state index in [1.165, 1.54) is 25.7 Å². The van der Waals surface area contributed by atoms with Gasteiger partial charge in [0.1, 0.15) is 0 Å². The van der Waals surface area contributed by atoms with E-state index in [-0.39, 0.29) is 11.9 Å². The van der Waals surface area contributed by atoms with Gasteiger partial charge in [0.05, 0.1) is 17.8 Å². The van der Waals surface area contributed by atoms with Crippen molar-refractivity contribution in [2.75, 3.05) is 0 Å². The predicted octanol–water partition coefficient (Wildman–Crippen LogP) is 4.76. The number of rotatable bonds is 5. The molecule has 2 bridgehead atoms. The van der Waals surface area contributed by atoms with Gasteiger partial charge in [0, 0.05) is 16.8 Å². The number of hydrogen-bond donors (Lipinski definition) is 1. The highest BCUT2D eigenvalue weighted by molar-refractivity contribution is 6.31. The van der Waals surface area contributed by atoms with E-state index in [4.69, 9.17) is 11.6 Å². The van der Waals surface area contributed by atoms with E-state index in [1.54, 1.807) is 0 Å². The average molecular weight is 386 g/mol. The molecule has 4 atom stereocenters. The highest BCUT2D eigenvalue weighted by Crippen LogP contribution is 2.49. The van der Waals surface area contributed by atoms with Crippen molar-refractivity contribution >= 4 is 17.5 Å². The highest BCUT2D eigenvalue weighted by Gasteiger charge is 2.42. The number of halogens is 1. The lowest BCUT2D eigenvalue weighted by Crippen LogP contribution is -2.40. The van der Waals surface area contributed by atoms with Crippen molar-refractivity contribution in [1.29, 1.82) is 0 Å². The van der Waals surface area contributed by atoms with E-state index in [9.17, 15) is 4.79 Å². The summed E-state index contributed by atoms with van der Waals surface area (Å²) in [6.45, 7) is 6.62. The van der Waals surface area contributed by atoms with Gasteiger partial charge in [0.25, 0.3) is 5.91 Å². The minimum atomic E-state index is 0.00526. The van der Waals surface area contributed by atoms with Crippen LogP contribution in [0.3, 0.4) is 0 Å². The second-order valence-corrected chi connectivity index (χ2v) is 8.80. The van der Waals surface area contributed by atoms with Crippen LogP contribution in [-0.4, -0.2) is 21.7 Å². The number of carbonyl (C=O) groups excluding carboxylic acids is 1. The van der Waals surface area contributed by atoms with E-state index in [0.29, 0.717) is 18.0 Å². The molecule has 4 nitrogen and oxygen atoms in total. The van der Waals surface area contributed by atoms with Crippen LogP contribution < -0.4 is 5.32 Å². The maximum absolute atomic E-state index is 13.0. The molecule has 1 N–H and O–H groups in total. The Kier molecular flexibility index (Phi) is 5.02. The van der Waals surface area contributed by atoms with E-state index >= 15 is 0 Å². The molecule has 144 valence electrons. The summed E-state index contributed by atoms with van der Waals surface area (Å²) in [6.07, 6.45) is 5.35. The maximum Gasteiger partial charge on any atom is 0.255 e. The fourth-order valence-electron chi connectivity index (χ4n) is 5.26. The molecule has 0 spiro atoms. The molecule has 0 radical (unpaired) electrons. The van der Waals surface area contributed by atoms with Crippen molar-refractivity contribution in [2.24, 2.45) is 17.8 Å².